The second-order valence-electron chi connectivity index (χ2n) is 4.95. The SMILES string of the molecule is C=Cc1ccc(C(=O)N[C@@H](CCC(=O)OCC)C(=O)OCC)cc1. The molecular weight excluding hydrogens is 310 g/mol. The van der Waals surface area contributed by atoms with E-state index in [2.05, 4.69) is 11.9 Å². The summed E-state index contributed by atoms with van der Waals surface area (Å²) in [4.78, 5) is 35.7. The number of rotatable bonds is 9. The van der Waals surface area contributed by atoms with Crippen LogP contribution in [0.3, 0.4) is 0 Å². The lowest BCUT2D eigenvalue weighted by molar-refractivity contribution is -0.146. The molecule has 0 bridgehead atoms. The van der Waals surface area contributed by atoms with E-state index in [1.807, 2.05) is 0 Å². The summed E-state index contributed by atoms with van der Waals surface area (Å²) in [5.41, 5.74) is 1.29. The maximum atomic E-state index is 12.3. The summed E-state index contributed by atoms with van der Waals surface area (Å²) >= 11 is 0. The first-order valence-electron chi connectivity index (χ1n) is 7.87. The van der Waals surface area contributed by atoms with Crippen LogP contribution in [-0.2, 0) is 19.1 Å². The molecule has 1 aromatic carbocycles. The molecule has 0 aromatic heterocycles. The van der Waals surface area contributed by atoms with Crippen LogP contribution in [-0.4, -0.2) is 37.1 Å². The Morgan fingerprint density at radius 3 is 2.29 bits per heavy atom. The summed E-state index contributed by atoms with van der Waals surface area (Å²) in [5.74, 6) is -1.40. The molecule has 1 aromatic rings. The molecule has 0 fully saturated rings. The molecule has 0 aliphatic rings. The van der Waals surface area contributed by atoms with Crippen molar-refractivity contribution in [3.8, 4) is 0 Å². The molecular formula is C18H23NO5. The number of carbonyl (C=O) groups excluding carboxylic acids is 3. The van der Waals surface area contributed by atoms with Gasteiger partial charge in [0.25, 0.3) is 5.91 Å². The third-order valence-corrected chi connectivity index (χ3v) is 3.23. The zero-order chi connectivity index (χ0) is 17.9. The van der Waals surface area contributed by atoms with Crippen LogP contribution in [0.15, 0.2) is 30.8 Å². The van der Waals surface area contributed by atoms with Gasteiger partial charge in [-0.2, -0.15) is 0 Å². The molecule has 0 heterocycles. The lowest BCUT2D eigenvalue weighted by Gasteiger charge is -2.17. The number of amides is 1. The van der Waals surface area contributed by atoms with Crippen LogP contribution in [0.25, 0.3) is 6.08 Å². The van der Waals surface area contributed by atoms with Crippen molar-refractivity contribution in [2.45, 2.75) is 32.7 Å². The predicted octanol–water partition coefficient (Wildman–Crippen LogP) is 2.33. The Hall–Kier alpha value is -2.63. The fraction of sp³-hybridized carbons (Fsp3) is 0.389. The zero-order valence-corrected chi connectivity index (χ0v) is 14.0. The van der Waals surface area contributed by atoms with E-state index >= 15 is 0 Å². The van der Waals surface area contributed by atoms with Gasteiger partial charge in [-0.15, -0.1) is 0 Å². The first kappa shape index (κ1) is 19.4. The van der Waals surface area contributed by atoms with E-state index < -0.39 is 23.9 Å². The van der Waals surface area contributed by atoms with E-state index in [9.17, 15) is 14.4 Å². The quantitative estimate of drug-likeness (QED) is 0.702. The van der Waals surface area contributed by atoms with Gasteiger partial charge >= 0.3 is 11.9 Å². The minimum atomic E-state index is -0.902. The summed E-state index contributed by atoms with van der Waals surface area (Å²) in [6.07, 6.45) is 1.81. The van der Waals surface area contributed by atoms with Gasteiger partial charge in [-0.1, -0.05) is 24.8 Å². The van der Waals surface area contributed by atoms with Crippen LogP contribution in [0.5, 0.6) is 0 Å². The summed E-state index contributed by atoms with van der Waals surface area (Å²) in [6, 6.07) is 5.88. The minimum absolute atomic E-state index is 0.0208. The van der Waals surface area contributed by atoms with Crippen molar-refractivity contribution in [3.05, 3.63) is 42.0 Å². The van der Waals surface area contributed by atoms with Gasteiger partial charge in [0.05, 0.1) is 13.2 Å². The van der Waals surface area contributed by atoms with E-state index in [1.165, 1.54) is 0 Å². The normalized spacial score (nSPS) is 11.2. The lowest BCUT2D eigenvalue weighted by atomic mass is 10.1. The summed E-state index contributed by atoms with van der Waals surface area (Å²) in [6.45, 7) is 7.49. The summed E-state index contributed by atoms with van der Waals surface area (Å²) in [5, 5.41) is 2.61. The third kappa shape index (κ3) is 6.24. The molecule has 1 N–H and O–H groups in total. The van der Waals surface area contributed by atoms with Crippen LogP contribution in [0.2, 0.25) is 0 Å². The monoisotopic (exact) mass is 333 g/mol. The van der Waals surface area contributed by atoms with E-state index in [1.54, 1.807) is 44.2 Å². The van der Waals surface area contributed by atoms with Gasteiger partial charge in [0, 0.05) is 12.0 Å². The van der Waals surface area contributed by atoms with Gasteiger partial charge < -0.3 is 14.8 Å². The Labute approximate surface area is 141 Å². The Balaban J connectivity index is 2.74. The van der Waals surface area contributed by atoms with Crippen molar-refractivity contribution in [3.63, 3.8) is 0 Å². The highest BCUT2D eigenvalue weighted by Gasteiger charge is 2.23. The fourth-order valence-electron chi connectivity index (χ4n) is 2.00. The average molecular weight is 333 g/mol. The average Bonchev–Trinajstić information content (AvgIpc) is 2.58. The molecule has 1 rings (SSSR count). The number of ether oxygens (including phenoxy) is 2. The number of carbonyl (C=O) groups is 3. The molecule has 0 aliphatic carbocycles. The van der Waals surface area contributed by atoms with Crippen LogP contribution in [0.1, 0.15) is 42.6 Å². The molecule has 0 radical (unpaired) electrons. The molecule has 0 saturated heterocycles. The molecule has 6 nitrogen and oxygen atoms in total. The predicted molar refractivity (Wildman–Crippen MR) is 90.3 cm³/mol. The molecule has 0 spiro atoms. The topological polar surface area (TPSA) is 81.7 Å². The maximum absolute atomic E-state index is 12.3. The number of hydrogen-bond donors (Lipinski definition) is 1. The summed E-state index contributed by atoms with van der Waals surface area (Å²) in [7, 11) is 0. The number of benzene rings is 1. The first-order valence-corrected chi connectivity index (χ1v) is 7.87. The first-order chi connectivity index (χ1) is 11.5. The molecule has 6 heteroatoms. The van der Waals surface area contributed by atoms with Gasteiger partial charge in [-0.05, 0) is 38.0 Å². The third-order valence-electron chi connectivity index (χ3n) is 3.23. The van der Waals surface area contributed by atoms with Gasteiger partial charge in [-0.25, -0.2) is 4.79 Å². The van der Waals surface area contributed by atoms with Crippen molar-refractivity contribution in [1.29, 1.82) is 0 Å². The van der Waals surface area contributed by atoms with E-state index in [4.69, 9.17) is 9.47 Å². The second kappa shape index (κ2) is 10.2. The Kier molecular flexibility index (Phi) is 8.25. The second-order valence-corrected chi connectivity index (χ2v) is 4.95. The van der Waals surface area contributed by atoms with E-state index in [0.29, 0.717) is 5.56 Å². The van der Waals surface area contributed by atoms with Gasteiger partial charge in [0.15, 0.2) is 0 Å². The number of hydrogen-bond acceptors (Lipinski definition) is 5. The van der Waals surface area contributed by atoms with Gasteiger partial charge in [0.2, 0.25) is 0 Å². The Bertz CT molecular complexity index is 580. The molecule has 0 aliphatic heterocycles. The van der Waals surface area contributed by atoms with Crippen molar-refractivity contribution in [2.24, 2.45) is 0 Å². The van der Waals surface area contributed by atoms with Gasteiger partial charge in [0.1, 0.15) is 6.04 Å². The molecule has 24 heavy (non-hydrogen) atoms. The number of nitrogens with one attached hydrogen (secondary N) is 1. The minimum Gasteiger partial charge on any atom is -0.466 e. The van der Waals surface area contributed by atoms with Crippen molar-refractivity contribution in [1.82, 2.24) is 5.32 Å². The van der Waals surface area contributed by atoms with Crippen molar-refractivity contribution in [2.75, 3.05) is 13.2 Å². The highest BCUT2D eigenvalue weighted by atomic mass is 16.5. The molecule has 1 atom stereocenters. The summed E-state index contributed by atoms with van der Waals surface area (Å²) < 4.78 is 9.78. The Morgan fingerprint density at radius 2 is 1.75 bits per heavy atom. The van der Waals surface area contributed by atoms with Crippen LogP contribution in [0, 0.1) is 0 Å². The molecule has 0 saturated carbocycles. The number of esters is 2. The largest absolute Gasteiger partial charge is 0.466 e. The molecule has 1 amide bonds. The fourth-order valence-corrected chi connectivity index (χ4v) is 2.00. The maximum Gasteiger partial charge on any atom is 0.328 e. The molecule has 130 valence electrons. The highest BCUT2D eigenvalue weighted by Crippen LogP contribution is 2.08. The highest BCUT2D eigenvalue weighted by molar-refractivity contribution is 5.97. The van der Waals surface area contributed by atoms with Gasteiger partial charge in [-0.3, -0.25) is 9.59 Å². The van der Waals surface area contributed by atoms with Crippen molar-refractivity contribution >= 4 is 23.9 Å². The Morgan fingerprint density at radius 1 is 1.12 bits per heavy atom. The van der Waals surface area contributed by atoms with E-state index in [-0.39, 0.29) is 26.1 Å². The zero-order valence-electron chi connectivity index (χ0n) is 14.0. The van der Waals surface area contributed by atoms with Crippen LogP contribution in [0.4, 0.5) is 0 Å². The van der Waals surface area contributed by atoms with Crippen LogP contribution < -0.4 is 5.32 Å². The van der Waals surface area contributed by atoms with Crippen molar-refractivity contribution < 1.29 is 23.9 Å². The molecule has 0 unspecified atom stereocenters. The smallest absolute Gasteiger partial charge is 0.328 e. The lowest BCUT2D eigenvalue weighted by Crippen LogP contribution is -2.42. The standard InChI is InChI=1S/C18H23NO5/c1-4-13-7-9-14(10-8-13)17(21)19-15(18(22)24-6-3)11-12-16(20)23-5-2/h4,7-10,15H,1,5-6,11-12H2,2-3H3,(H,19,21)/t15-/m0/s1. The van der Waals surface area contributed by atoms with Crippen LogP contribution >= 0.6 is 0 Å². The van der Waals surface area contributed by atoms with E-state index in [0.717, 1.165) is 5.56 Å².